The molecule has 2 N–H and O–H groups in total. The second kappa shape index (κ2) is 2.98. The molecule has 0 saturated heterocycles. The fourth-order valence-electron chi connectivity index (χ4n) is 0.749. The van der Waals surface area contributed by atoms with Gasteiger partial charge >= 0.3 is 0 Å². The molecule has 0 heterocycles. The Morgan fingerprint density at radius 1 is 1.73 bits per heavy atom. The van der Waals surface area contributed by atoms with Gasteiger partial charge in [-0.1, -0.05) is 5.92 Å². The normalized spacial score (nSPS) is 13.9. The molecular weight excluding hydrogens is 138 g/mol. The summed E-state index contributed by atoms with van der Waals surface area (Å²) in [5, 5.41) is 0. The average molecular weight is 150 g/mol. The number of rotatable bonds is 1. The fourth-order valence-corrected chi connectivity index (χ4v) is 0.749. The molecule has 0 aromatic heterocycles. The molecule has 1 rings (SSSR count). The maximum Gasteiger partial charge on any atom is 0.134 e. The monoisotopic (exact) mass is 150 g/mol. The zero-order chi connectivity index (χ0) is 10.8. The third kappa shape index (κ3) is 1.44. The van der Waals surface area contributed by atoms with Crippen LogP contribution in [0.2, 0.25) is 0 Å². The molecule has 0 aliphatic heterocycles. The first-order chi connectivity index (χ1) is 6.42. The van der Waals surface area contributed by atoms with Gasteiger partial charge in [0.2, 0.25) is 0 Å². The first kappa shape index (κ1) is 4.30. The molecule has 0 bridgehead atoms. The number of nitrogen functional groups attached to an aromatic ring is 1. The Hall–Kier alpha value is -1.62. The summed E-state index contributed by atoms with van der Waals surface area (Å²) >= 11 is 0. The van der Waals surface area contributed by atoms with E-state index in [1.54, 1.807) is 0 Å². The lowest BCUT2D eigenvalue weighted by Crippen LogP contribution is -1.90. The Bertz CT molecular complexity index is 379. The van der Waals surface area contributed by atoms with E-state index in [1.807, 2.05) is 0 Å². The molecule has 0 amide bonds. The van der Waals surface area contributed by atoms with Gasteiger partial charge in [0, 0.05) is 5.69 Å². The van der Waals surface area contributed by atoms with Crippen LogP contribution in [0, 0.1) is 12.3 Å². The Morgan fingerprint density at radius 3 is 3.18 bits per heavy atom. The van der Waals surface area contributed by atoms with Gasteiger partial charge in [0.25, 0.3) is 0 Å². The summed E-state index contributed by atoms with van der Waals surface area (Å²) in [6.07, 6.45) is 5.17. The van der Waals surface area contributed by atoms with Crippen molar-refractivity contribution in [3.05, 3.63) is 23.8 Å². The molecule has 11 heavy (non-hydrogen) atoms. The van der Waals surface area contributed by atoms with Crippen LogP contribution in [0.5, 0.6) is 5.75 Å². The Balaban J connectivity index is 3.05. The van der Waals surface area contributed by atoms with Crippen molar-refractivity contribution in [2.75, 3.05) is 12.8 Å². The van der Waals surface area contributed by atoms with Crippen LogP contribution in [0.1, 0.15) is 9.68 Å². The number of terminal acetylenes is 1. The quantitative estimate of drug-likeness (QED) is 0.483. The number of hydrogen-bond acceptors (Lipinski definition) is 2. The molecule has 0 radical (unpaired) electrons. The lowest BCUT2D eigenvalue weighted by Gasteiger charge is -2.02. The summed E-state index contributed by atoms with van der Waals surface area (Å²) in [6, 6.07) is 4.46. The van der Waals surface area contributed by atoms with Crippen molar-refractivity contribution in [3.8, 4) is 18.1 Å². The van der Waals surface area contributed by atoms with Gasteiger partial charge in [-0.05, 0) is 18.2 Å². The molecule has 2 nitrogen and oxygen atoms in total. The average Bonchev–Trinajstić information content (AvgIpc) is 2.06. The van der Waals surface area contributed by atoms with Crippen LogP contribution in [0.4, 0.5) is 5.69 Å². The van der Waals surface area contributed by atoms with Crippen molar-refractivity contribution in [2.24, 2.45) is 0 Å². The van der Waals surface area contributed by atoms with Crippen LogP contribution >= 0.6 is 0 Å². The van der Waals surface area contributed by atoms with Gasteiger partial charge in [-0.15, -0.1) is 6.42 Å². The summed E-state index contributed by atoms with van der Waals surface area (Å²) in [7, 11) is -2.50. The highest BCUT2D eigenvalue weighted by molar-refractivity contribution is 5.54. The van der Waals surface area contributed by atoms with Crippen molar-refractivity contribution >= 4 is 5.69 Å². The molecule has 0 aliphatic rings. The van der Waals surface area contributed by atoms with Crippen LogP contribution in [-0.2, 0) is 0 Å². The minimum absolute atomic E-state index is 0.140. The van der Waals surface area contributed by atoms with E-state index in [0.29, 0.717) is 11.3 Å². The molecule has 0 aliphatic carbocycles. The van der Waals surface area contributed by atoms with E-state index in [0.717, 1.165) is 0 Å². The molecule has 0 spiro atoms. The zero-order valence-corrected chi connectivity index (χ0v) is 5.79. The van der Waals surface area contributed by atoms with E-state index in [-0.39, 0.29) is 5.75 Å². The van der Waals surface area contributed by atoms with E-state index in [1.165, 1.54) is 18.2 Å². The molecule has 1 aromatic carbocycles. The van der Waals surface area contributed by atoms with Gasteiger partial charge in [-0.2, -0.15) is 0 Å². The van der Waals surface area contributed by atoms with Crippen LogP contribution in [0.3, 0.4) is 0 Å². The van der Waals surface area contributed by atoms with Gasteiger partial charge in [0.15, 0.2) is 0 Å². The van der Waals surface area contributed by atoms with Crippen LogP contribution in [0.15, 0.2) is 18.2 Å². The van der Waals surface area contributed by atoms with E-state index in [4.69, 9.17) is 16.3 Å². The highest BCUT2D eigenvalue weighted by Crippen LogP contribution is 2.19. The number of ether oxygens (including phenoxy) is 1. The van der Waals surface area contributed by atoms with Gasteiger partial charge < -0.3 is 10.5 Å². The molecule has 2 heteroatoms. The second-order valence-corrected chi connectivity index (χ2v) is 2.00. The minimum Gasteiger partial charge on any atom is -0.495 e. The largest absolute Gasteiger partial charge is 0.495 e. The standard InChI is InChI=1S/C9H9NO/c1-3-7-6-8(10)4-5-9(7)11-2/h1,4-6H,10H2,2H3/i2D3. The fraction of sp³-hybridized carbons (Fsp3) is 0.111. The summed E-state index contributed by atoms with van der Waals surface area (Å²) in [5.74, 6) is 2.44. The zero-order valence-electron chi connectivity index (χ0n) is 8.79. The molecule has 0 fully saturated rings. The predicted molar refractivity (Wildman–Crippen MR) is 45.3 cm³/mol. The van der Waals surface area contributed by atoms with E-state index in [2.05, 4.69) is 10.7 Å². The van der Waals surface area contributed by atoms with Crippen molar-refractivity contribution in [3.63, 3.8) is 0 Å². The number of benzene rings is 1. The first-order valence-corrected chi connectivity index (χ1v) is 2.97. The number of anilines is 1. The maximum atomic E-state index is 6.91. The Morgan fingerprint density at radius 2 is 2.55 bits per heavy atom. The third-order valence-corrected chi connectivity index (χ3v) is 1.27. The lowest BCUT2D eigenvalue weighted by molar-refractivity contribution is 0.413. The van der Waals surface area contributed by atoms with E-state index >= 15 is 0 Å². The van der Waals surface area contributed by atoms with Crippen molar-refractivity contribution in [1.82, 2.24) is 0 Å². The molecular formula is C9H9NO. The number of methoxy groups -OCH3 is 1. The number of nitrogens with two attached hydrogens (primary N) is 1. The first-order valence-electron chi connectivity index (χ1n) is 4.47. The van der Waals surface area contributed by atoms with Gasteiger partial charge in [0.05, 0.1) is 16.7 Å². The van der Waals surface area contributed by atoms with Crippen molar-refractivity contribution in [2.45, 2.75) is 0 Å². The summed E-state index contributed by atoms with van der Waals surface area (Å²) in [5.41, 5.74) is 6.28. The van der Waals surface area contributed by atoms with Crippen molar-refractivity contribution in [1.29, 1.82) is 0 Å². The second-order valence-electron chi connectivity index (χ2n) is 2.00. The molecule has 0 saturated carbocycles. The van der Waals surface area contributed by atoms with Crippen LogP contribution in [-0.4, -0.2) is 7.04 Å². The molecule has 1 aromatic rings. The van der Waals surface area contributed by atoms with Crippen LogP contribution < -0.4 is 10.5 Å². The predicted octanol–water partition coefficient (Wildman–Crippen LogP) is 1.26. The van der Waals surface area contributed by atoms with Gasteiger partial charge in [0.1, 0.15) is 5.75 Å². The third-order valence-electron chi connectivity index (χ3n) is 1.27. The molecule has 56 valence electrons. The summed E-state index contributed by atoms with van der Waals surface area (Å²) < 4.78 is 25.4. The van der Waals surface area contributed by atoms with Crippen molar-refractivity contribution < 1.29 is 8.85 Å². The van der Waals surface area contributed by atoms with Crippen LogP contribution in [0.25, 0.3) is 0 Å². The Labute approximate surface area is 70.2 Å². The van der Waals surface area contributed by atoms with E-state index in [9.17, 15) is 0 Å². The highest BCUT2D eigenvalue weighted by Gasteiger charge is 1.98. The van der Waals surface area contributed by atoms with E-state index < -0.39 is 7.04 Å². The number of hydrogen-bond donors (Lipinski definition) is 1. The minimum atomic E-state index is -2.50. The smallest absolute Gasteiger partial charge is 0.134 e. The Kier molecular flexibility index (Phi) is 1.16. The van der Waals surface area contributed by atoms with Gasteiger partial charge in [-0.3, -0.25) is 0 Å². The SMILES string of the molecule is [2H]C([2H])([2H])Oc1ccc(N)cc1C#C. The maximum absolute atomic E-state index is 6.91. The molecule has 0 unspecified atom stereocenters. The topological polar surface area (TPSA) is 35.2 Å². The summed E-state index contributed by atoms with van der Waals surface area (Å²) in [4.78, 5) is 0. The summed E-state index contributed by atoms with van der Waals surface area (Å²) in [6.45, 7) is 0. The molecule has 0 atom stereocenters. The van der Waals surface area contributed by atoms with Gasteiger partial charge in [-0.25, -0.2) is 0 Å². The lowest BCUT2D eigenvalue weighted by atomic mass is 10.2. The highest BCUT2D eigenvalue weighted by atomic mass is 16.5.